The second-order valence-corrected chi connectivity index (χ2v) is 9.97. The maximum absolute atomic E-state index is 12.9. The summed E-state index contributed by atoms with van der Waals surface area (Å²) >= 11 is 1.54. The number of thiophene rings is 1. The van der Waals surface area contributed by atoms with Crippen LogP contribution in [0.5, 0.6) is 0 Å². The number of fused-ring (bicyclic) bond motifs is 1. The van der Waals surface area contributed by atoms with Crippen molar-refractivity contribution < 1.29 is 8.42 Å². The second-order valence-electron chi connectivity index (χ2n) is 6.60. The van der Waals surface area contributed by atoms with Gasteiger partial charge in [0.25, 0.3) is 0 Å². The quantitative estimate of drug-likeness (QED) is 0.757. The molecule has 3 aromatic heterocycles. The first kappa shape index (κ1) is 16.8. The summed E-state index contributed by atoms with van der Waals surface area (Å²) in [5.41, 5.74) is 2.15. The summed E-state index contributed by atoms with van der Waals surface area (Å²) in [7, 11) is -3.38. The Balaban J connectivity index is 1.54. The number of hydrogen-bond acceptors (Lipinski definition) is 4. The van der Waals surface area contributed by atoms with Crippen LogP contribution in [0.4, 0.5) is 0 Å². The van der Waals surface area contributed by atoms with Gasteiger partial charge >= 0.3 is 0 Å². The minimum atomic E-state index is -3.38. The molecular formula is C18H21N3O2S2. The van der Waals surface area contributed by atoms with Gasteiger partial charge in [-0.05, 0) is 56.4 Å². The molecule has 5 nitrogen and oxygen atoms in total. The van der Waals surface area contributed by atoms with Gasteiger partial charge < -0.3 is 4.98 Å². The Labute approximate surface area is 151 Å². The van der Waals surface area contributed by atoms with E-state index in [2.05, 4.69) is 16.0 Å². The van der Waals surface area contributed by atoms with Crippen molar-refractivity contribution in [3.05, 3.63) is 45.9 Å². The minimum Gasteiger partial charge on any atom is -0.346 e. The minimum absolute atomic E-state index is 0.370. The number of pyridine rings is 1. The van der Waals surface area contributed by atoms with E-state index in [1.807, 2.05) is 26.1 Å². The molecule has 4 rings (SSSR count). The van der Waals surface area contributed by atoms with Gasteiger partial charge in [0.05, 0.1) is 4.90 Å². The zero-order valence-electron chi connectivity index (χ0n) is 14.3. The van der Waals surface area contributed by atoms with E-state index < -0.39 is 10.0 Å². The van der Waals surface area contributed by atoms with Gasteiger partial charge in [0.2, 0.25) is 10.0 Å². The van der Waals surface area contributed by atoms with Crippen LogP contribution in [0.25, 0.3) is 11.0 Å². The highest BCUT2D eigenvalue weighted by molar-refractivity contribution is 7.89. The van der Waals surface area contributed by atoms with Gasteiger partial charge in [-0.25, -0.2) is 13.4 Å². The number of H-pyrrole nitrogens is 1. The summed E-state index contributed by atoms with van der Waals surface area (Å²) in [6, 6.07) is 5.82. The fourth-order valence-corrected chi connectivity index (χ4v) is 6.72. The van der Waals surface area contributed by atoms with Crippen molar-refractivity contribution in [3.63, 3.8) is 0 Å². The van der Waals surface area contributed by atoms with E-state index in [1.165, 1.54) is 5.56 Å². The molecule has 132 valence electrons. The molecule has 0 aliphatic carbocycles. The Bertz CT molecular complexity index is 1010. The molecule has 0 unspecified atom stereocenters. The molecule has 0 amide bonds. The molecule has 0 bridgehead atoms. The number of aryl methyl sites for hydroxylation is 2. The Kier molecular flexibility index (Phi) is 4.17. The Morgan fingerprint density at radius 1 is 1.28 bits per heavy atom. The molecule has 0 aromatic carbocycles. The van der Waals surface area contributed by atoms with Crippen LogP contribution in [0.15, 0.2) is 35.5 Å². The van der Waals surface area contributed by atoms with Crippen molar-refractivity contribution in [3.8, 4) is 0 Å². The van der Waals surface area contributed by atoms with Crippen LogP contribution in [-0.2, 0) is 10.0 Å². The molecule has 1 fully saturated rings. The summed E-state index contributed by atoms with van der Waals surface area (Å²) in [6.45, 7) is 4.97. The topological polar surface area (TPSA) is 66.1 Å². The molecule has 1 saturated heterocycles. The van der Waals surface area contributed by atoms with E-state index in [0.29, 0.717) is 23.9 Å². The van der Waals surface area contributed by atoms with Gasteiger partial charge in [-0.3, -0.25) is 0 Å². The lowest BCUT2D eigenvalue weighted by molar-refractivity contribution is 0.320. The van der Waals surface area contributed by atoms with Crippen molar-refractivity contribution in [1.82, 2.24) is 14.3 Å². The van der Waals surface area contributed by atoms with Crippen molar-refractivity contribution in [1.29, 1.82) is 0 Å². The first-order chi connectivity index (χ1) is 12.0. The van der Waals surface area contributed by atoms with Crippen LogP contribution in [0.2, 0.25) is 0 Å². The highest BCUT2D eigenvalue weighted by Gasteiger charge is 2.32. The number of hydrogen-bond donors (Lipinski definition) is 1. The van der Waals surface area contributed by atoms with Crippen molar-refractivity contribution in [2.45, 2.75) is 37.5 Å². The summed E-state index contributed by atoms with van der Waals surface area (Å²) in [4.78, 5) is 9.96. The lowest BCUT2D eigenvalue weighted by atomic mass is 9.90. The third-order valence-electron chi connectivity index (χ3n) is 4.99. The maximum atomic E-state index is 12.9. The van der Waals surface area contributed by atoms with E-state index >= 15 is 0 Å². The fourth-order valence-electron chi connectivity index (χ4n) is 3.72. The van der Waals surface area contributed by atoms with Crippen molar-refractivity contribution in [2.24, 2.45) is 0 Å². The van der Waals surface area contributed by atoms with Crippen LogP contribution < -0.4 is 0 Å². The molecule has 1 aliphatic heterocycles. The van der Waals surface area contributed by atoms with Crippen molar-refractivity contribution in [2.75, 3.05) is 13.1 Å². The average Bonchev–Trinajstić information content (AvgIpc) is 3.18. The standard InChI is InChI=1S/C18H21N3O2S2/c1-12-10-17(13(2)24-12)25(22,23)21-8-5-14(6-9-21)16-11-20-18-15(16)4-3-7-19-18/h3-4,7,10-11,14H,5-6,8-9H2,1-2H3,(H,19,20). The lowest BCUT2D eigenvalue weighted by Crippen LogP contribution is -2.37. The summed E-state index contributed by atoms with van der Waals surface area (Å²) < 4.78 is 27.5. The van der Waals surface area contributed by atoms with Gasteiger partial charge in [0.1, 0.15) is 5.65 Å². The summed E-state index contributed by atoms with van der Waals surface area (Å²) in [6.07, 6.45) is 5.48. The zero-order chi connectivity index (χ0) is 17.6. The molecule has 3 aromatic rings. The smallest absolute Gasteiger partial charge is 0.244 e. The van der Waals surface area contributed by atoms with Crippen LogP contribution in [0.1, 0.15) is 34.1 Å². The fraction of sp³-hybridized carbons (Fsp3) is 0.389. The molecule has 1 aliphatic rings. The van der Waals surface area contributed by atoms with Gasteiger partial charge in [-0.15, -0.1) is 11.3 Å². The predicted molar refractivity (Wildman–Crippen MR) is 101 cm³/mol. The molecule has 25 heavy (non-hydrogen) atoms. The van der Waals surface area contributed by atoms with Crippen LogP contribution in [-0.4, -0.2) is 35.8 Å². The average molecular weight is 376 g/mol. The zero-order valence-corrected chi connectivity index (χ0v) is 16.0. The van der Waals surface area contributed by atoms with E-state index in [9.17, 15) is 8.42 Å². The van der Waals surface area contributed by atoms with Gasteiger partial charge in [0.15, 0.2) is 0 Å². The van der Waals surface area contributed by atoms with E-state index in [1.54, 1.807) is 27.9 Å². The Morgan fingerprint density at radius 3 is 2.72 bits per heavy atom. The number of nitrogens with one attached hydrogen (secondary N) is 1. The van der Waals surface area contributed by atoms with E-state index in [-0.39, 0.29) is 0 Å². The number of piperidine rings is 1. The maximum Gasteiger partial charge on any atom is 0.244 e. The largest absolute Gasteiger partial charge is 0.346 e. The summed E-state index contributed by atoms with van der Waals surface area (Å²) in [5.74, 6) is 0.370. The lowest BCUT2D eigenvalue weighted by Gasteiger charge is -2.31. The van der Waals surface area contributed by atoms with Crippen molar-refractivity contribution >= 4 is 32.4 Å². The number of sulfonamides is 1. The SMILES string of the molecule is Cc1cc(S(=O)(=O)N2CCC(c3c[nH]c4ncccc34)CC2)c(C)s1. The highest BCUT2D eigenvalue weighted by Crippen LogP contribution is 2.35. The molecular weight excluding hydrogens is 354 g/mol. The molecule has 0 radical (unpaired) electrons. The summed E-state index contributed by atoms with van der Waals surface area (Å²) in [5, 5.41) is 1.15. The highest BCUT2D eigenvalue weighted by atomic mass is 32.2. The normalized spacial score (nSPS) is 17.4. The van der Waals surface area contributed by atoms with Gasteiger partial charge in [-0.2, -0.15) is 4.31 Å². The Morgan fingerprint density at radius 2 is 2.04 bits per heavy atom. The van der Waals surface area contributed by atoms with Crippen LogP contribution >= 0.6 is 11.3 Å². The number of nitrogens with zero attached hydrogens (tertiary/aromatic N) is 2. The van der Waals surface area contributed by atoms with Gasteiger partial charge in [-0.1, -0.05) is 0 Å². The first-order valence-electron chi connectivity index (χ1n) is 8.46. The molecule has 0 saturated carbocycles. The Hall–Kier alpha value is -1.70. The predicted octanol–water partition coefficient (Wildman–Crippen LogP) is 3.81. The molecule has 4 heterocycles. The van der Waals surface area contributed by atoms with E-state index in [4.69, 9.17) is 0 Å². The monoisotopic (exact) mass is 375 g/mol. The second kappa shape index (κ2) is 6.23. The number of aromatic amines is 1. The van der Waals surface area contributed by atoms with E-state index in [0.717, 1.165) is 33.6 Å². The molecule has 1 N–H and O–H groups in total. The van der Waals surface area contributed by atoms with Gasteiger partial charge in [0, 0.05) is 40.6 Å². The molecule has 7 heteroatoms. The number of aromatic nitrogens is 2. The molecule has 0 spiro atoms. The third-order valence-corrected chi connectivity index (χ3v) is 8.11. The third kappa shape index (κ3) is 2.90. The number of rotatable bonds is 3. The molecule has 0 atom stereocenters. The van der Waals surface area contributed by atoms with Crippen LogP contribution in [0, 0.1) is 13.8 Å². The first-order valence-corrected chi connectivity index (χ1v) is 10.7. The van der Waals surface area contributed by atoms with Crippen LogP contribution in [0.3, 0.4) is 0 Å².